The minimum Gasteiger partial charge on any atom is -0.294 e. The molecule has 1 aliphatic rings. The predicted molar refractivity (Wildman–Crippen MR) is 83.6 cm³/mol. The van der Waals surface area contributed by atoms with Crippen molar-refractivity contribution in [3.63, 3.8) is 0 Å². The number of sulfone groups is 1. The van der Waals surface area contributed by atoms with Crippen molar-refractivity contribution < 1.29 is 8.42 Å². The first-order chi connectivity index (χ1) is 10.0. The van der Waals surface area contributed by atoms with Crippen LogP contribution in [-0.4, -0.2) is 18.0 Å². The Morgan fingerprint density at radius 2 is 2.00 bits per heavy atom. The van der Waals surface area contributed by atoms with Gasteiger partial charge in [0.25, 0.3) is 0 Å². The number of nitrogens with zero attached hydrogens (tertiary/aromatic N) is 2. The van der Waals surface area contributed by atoms with E-state index in [0.717, 1.165) is 22.2 Å². The van der Waals surface area contributed by atoms with Crippen LogP contribution in [0.4, 0.5) is 0 Å². The Morgan fingerprint density at radius 1 is 1.19 bits per heavy atom. The highest BCUT2D eigenvalue weighted by Crippen LogP contribution is 2.40. The maximum atomic E-state index is 12.9. The van der Waals surface area contributed by atoms with Crippen LogP contribution in [0.5, 0.6) is 0 Å². The first-order valence-electron chi connectivity index (χ1n) is 6.59. The van der Waals surface area contributed by atoms with Gasteiger partial charge in [0.15, 0.2) is 0 Å². The summed E-state index contributed by atoms with van der Waals surface area (Å²) in [4.78, 5) is 5.23. The molecule has 0 spiro atoms. The molecule has 0 bridgehead atoms. The summed E-state index contributed by atoms with van der Waals surface area (Å²) in [5.74, 6) is 0.871. The molecule has 2 heterocycles. The molecule has 0 unspecified atom stereocenters. The lowest BCUT2D eigenvalue weighted by Gasteiger charge is -2.20. The van der Waals surface area contributed by atoms with Gasteiger partial charge in [0.05, 0.1) is 26.5 Å². The van der Waals surface area contributed by atoms with Crippen LogP contribution in [0.2, 0.25) is 0 Å². The Hall–Kier alpha value is -1.66. The summed E-state index contributed by atoms with van der Waals surface area (Å²) in [6.45, 7) is 2.02. The van der Waals surface area contributed by atoms with Gasteiger partial charge >= 0.3 is 0 Å². The maximum absolute atomic E-state index is 12.9. The Labute approximate surface area is 130 Å². The molecule has 0 radical (unpaired) electrons. The monoisotopic (exact) mass is 362 g/mol. The lowest BCUT2D eigenvalue weighted by Crippen LogP contribution is -2.15. The van der Waals surface area contributed by atoms with Gasteiger partial charge in [-0.2, -0.15) is 0 Å². The van der Waals surface area contributed by atoms with Crippen molar-refractivity contribution in [2.24, 2.45) is 0 Å². The van der Waals surface area contributed by atoms with Gasteiger partial charge in [0.1, 0.15) is 5.82 Å². The van der Waals surface area contributed by atoms with Gasteiger partial charge in [-0.3, -0.25) is 4.57 Å². The Balaban J connectivity index is 2.30. The normalized spacial score (nSPS) is 15.1. The van der Waals surface area contributed by atoms with E-state index in [1.165, 1.54) is 0 Å². The van der Waals surface area contributed by atoms with E-state index in [9.17, 15) is 8.42 Å². The van der Waals surface area contributed by atoms with E-state index in [-0.39, 0.29) is 0 Å². The zero-order valence-corrected chi connectivity index (χ0v) is 13.6. The van der Waals surface area contributed by atoms with Crippen LogP contribution in [0, 0.1) is 0 Å². The fourth-order valence-electron chi connectivity index (χ4n) is 2.86. The molecule has 6 heteroatoms. The molecule has 4 rings (SSSR count). The number of hydrogen-bond donors (Lipinski definition) is 0. The van der Waals surface area contributed by atoms with Crippen molar-refractivity contribution >= 4 is 36.8 Å². The number of para-hydroxylation sites is 1. The third-order valence-corrected chi connectivity index (χ3v) is 6.07. The molecule has 0 N–H and O–H groups in total. The summed E-state index contributed by atoms with van der Waals surface area (Å²) >= 11 is 3.36. The Bertz CT molecular complexity index is 1010. The van der Waals surface area contributed by atoms with Gasteiger partial charge in [-0.05, 0) is 30.3 Å². The number of halogens is 1. The molecule has 106 valence electrons. The minimum absolute atomic E-state index is 0.324. The zero-order valence-electron chi connectivity index (χ0n) is 11.2. The van der Waals surface area contributed by atoms with E-state index in [1.54, 1.807) is 18.2 Å². The lowest BCUT2D eigenvalue weighted by atomic mass is 10.2. The number of aryl methyl sites for hydroxylation is 1. The summed E-state index contributed by atoms with van der Waals surface area (Å²) < 4.78 is 28.5. The molecule has 0 aliphatic carbocycles. The van der Waals surface area contributed by atoms with E-state index in [2.05, 4.69) is 20.9 Å². The second-order valence-corrected chi connectivity index (χ2v) is 7.76. The lowest BCUT2D eigenvalue weighted by molar-refractivity contribution is 0.594. The van der Waals surface area contributed by atoms with Crippen LogP contribution in [0.25, 0.3) is 16.7 Å². The number of hydrogen-bond acceptors (Lipinski definition) is 3. The van der Waals surface area contributed by atoms with Gasteiger partial charge < -0.3 is 0 Å². The molecule has 21 heavy (non-hydrogen) atoms. The van der Waals surface area contributed by atoms with Crippen molar-refractivity contribution in [2.45, 2.75) is 23.1 Å². The number of aromatic nitrogens is 2. The predicted octanol–water partition coefficient (Wildman–Crippen LogP) is 3.50. The maximum Gasteiger partial charge on any atom is 0.210 e. The first kappa shape index (κ1) is 13.0. The molecule has 0 saturated carbocycles. The fraction of sp³-hybridized carbons (Fsp3) is 0.133. The number of benzene rings is 2. The van der Waals surface area contributed by atoms with E-state index in [0.29, 0.717) is 21.0 Å². The molecule has 0 saturated heterocycles. The zero-order chi connectivity index (χ0) is 14.8. The highest BCUT2D eigenvalue weighted by Gasteiger charge is 2.32. The minimum atomic E-state index is -3.52. The number of imidazole rings is 1. The van der Waals surface area contributed by atoms with Crippen molar-refractivity contribution in [1.29, 1.82) is 0 Å². The Morgan fingerprint density at radius 3 is 2.76 bits per heavy atom. The quantitative estimate of drug-likeness (QED) is 0.520. The number of rotatable bonds is 1. The van der Waals surface area contributed by atoms with Crippen LogP contribution in [0.15, 0.2) is 50.7 Å². The van der Waals surface area contributed by atoms with Crippen LogP contribution in [-0.2, 0) is 16.3 Å². The van der Waals surface area contributed by atoms with Crippen molar-refractivity contribution in [2.75, 3.05) is 0 Å². The topological polar surface area (TPSA) is 52.0 Å². The average molecular weight is 363 g/mol. The standard InChI is InChI=1S/C15H11BrN2O2S/c1-2-14-17-10-4-3-5-12-15(10)18(14)11-7-6-9(16)8-13(11)21(12,19)20/h3-8H,2H2,1H3. The van der Waals surface area contributed by atoms with Crippen LogP contribution < -0.4 is 0 Å². The van der Waals surface area contributed by atoms with Crippen LogP contribution in [0.3, 0.4) is 0 Å². The fourth-order valence-corrected chi connectivity index (χ4v) is 5.04. The van der Waals surface area contributed by atoms with Gasteiger partial charge in [0.2, 0.25) is 9.84 Å². The second kappa shape index (κ2) is 4.18. The van der Waals surface area contributed by atoms with Gasteiger partial charge in [0, 0.05) is 10.9 Å². The van der Waals surface area contributed by atoms with Gasteiger partial charge in [-0.15, -0.1) is 0 Å². The molecule has 0 atom stereocenters. The number of fused-ring (bicyclic) bond motifs is 2. The third-order valence-electron chi connectivity index (χ3n) is 3.77. The molecule has 0 amide bonds. The average Bonchev–Trinajstić information content (AvgIpc) is 2.84. The summed E-state index contributed by atoms with van der Waals surface area (Å²) in [6, 6.07) is 10.6. The first-order valence-corrected chi connectivity index (χ1v) is 8.87. The second-order valence-electron chi connectivity index (χ2n) is 4.96. The van der Waals surface area contributed by atoms with Crippen LogP contribution in [0.1, 0.15) is 12.7 Å². The molecule has 1 aliphatic heterocycles. The SMILES string of the molecule is CCc1nc2cccc3c2n1-c1ccc(Br)cc1S3(=O)=O. The van der Waals surface area contributed by atoms with Gasteiger partial charge in [-0.25, -0.2) is 13.4 Å². The van der Waals surface area contributed by atoms with E-state index < -0.39 is 9.84 Å². The van der Waals surface area contributed by atoms with Gasteiger partial charge in [-0.1, -0.05) is 28.9 Å². The van der Waals surface area contributed by atoms with Crippen molar-refractivity contribution in [3.05, 3.63) is 46.7 Å². The molecule has 4 nitrogen and oxygen atoms in total. The van der Waals surface area contributed by atoms with Crippen molar-refractivity contribution in [1.82, 2.24) is 9.55 Å². The van der Waals surface area contributed by atoms with E-state index in [4.69, 9.17) is 0 Å². The third kappa shape index (κ3) is 1.60. The summed E-state index contributed by atoms with van der Waals surface area (Å²) in [5, 5.41) is 0. The molecule has 2 aromatic carbocycles. The van der Waals surface area contributed by atoms with Crippen molar-refractivity contribution in [3.8, 4) is 5.69 Å². The van der Waals surface area contributed by atoms with Crippen LogP contribution >= 0.6 is 15.9 Å². The molecular formula is C15H11BrN2O2S. The van der Waals surface area contributed by atoms with E-state index >= 15 is 0 Å². The summed E-state index contributed by atoms with van der Waals surface area (Å²) in [6.07, 6.45) is 0.740. The highest BCUT2D eigenvalue weighted by molar-refractivity contribution is 9.10. The summed E-state index contributed by atoms with van der Waals surface area (Å²) in [7, 11) is -3.52. The Kier molecular flexibility index (Phi) is 2.59. The van der Waals surface area contributed by atoms with E-state index in [1.807, 2.05) is 29.7 Å². The smallest absolute Gasteiger partial charge is 0.210 e. The highest BCUT2D eigenvalue weighted by atomic mass is 79.9. The molecule has 1 aromatic heterocycles. The molecule has 3 aromatic rings. The molecule has 0 fully saturated rings. The largest absolute Gasteiger partial charge is 0.294 e. The summed E-state index contributed by atoms with van der Waals surface area (Å²) in [5.41, 5.74) is 2.09. The molecular weight excluding hydrogens is 352 g/mol.